The second kappa shape index (κ2) is 6.48. The van der Waals surface area contributed by atoms with Gasteiger partial charge in [-0.3, -0.25) is 9.59 Å². The van der Waals surface area contributed by atoms with Gasteiger partial charge in [-0.05, 0) is 26.7 Å². The number of rotatable bonds is 4. The third-order valence-electron chi connectivity index (χ3n) is 5.21. The third-order valence-corrected chi connectivity index (χ3v) is 6.10. The van der Waals surface area contributed by atoms with Gasteiger partial charge >= 0.3 is 5.97 Å². The van der Waals surface area contributed by atoms with Gasteiger partial charge in [0.1, 0.15) is 0 Å². The lowest BCUT2D eigenvalue weighted by Gasteiger charge is -2.23. The summed E-state index contributed by atoms with van der Waals surface area (Å²) >= 11 is 1.40. The van der Waals surface area contributed by atoms with Crippen LogP contribution in [-0.2, 0) is 14.3 Å². The Hall–Kier alpha value is -2.25. The van der Waals surface area contributed by atoms with Gasteiger partial charge in [0, 0.05) is 10.4 Å². The summed E-state index contributed by atoms with van der Waals surface area (Å²) in [5.41, 5.74) is 3.01. The van der Waals surface area contributed by atoms with Gasteiger partial charge in [0.2, 0.25) is 5.91 Å². The molecule has 6 nitrogen and oxygen atoms in total. The summed E-state index contributed by atoms with van der Waals surface area (Å²) in [6, 6.07) is 8.06. The zero-order chi connectivity index (χ0) is 18.4. The molecule has 1 aromatic heterocycles. The van der Waals surface area contributed by atoms with Crippen LogP contribution in [0.25, 0.3) is 11.3 Å². The molecule has 4 atom stereocenters. The molecule has 0 spiro atoms. The van der Waals surface area contributed by atoms with E-state index in [0.717, 1.165) is 22.6 Å². The number of carboxylic acids is 1. The Morgan fingerprint density at radius 1 is 1.15 bits per heavy atom. The standard InChI is InChI=1S/C19H20N2O4S/c1-9-3-5-11(6-4-9)16-10(2)26-19(20-16)21-17(22)14-12-7-8-13(25-12)15(14)18(23)24/h3-6,12-15H,7-8H2,1-2H3,(H,23,24)(H,20,21,22)/t12-,13+,14+,15+/m1/s1. The van der Waals surface area contributed by atoms with Gasteiger partial charge in [-0.25, -0.2) is 4.98 Å². The number of thiazole rings is 1. The van der Waals surface area contributed by atoms with E-state index < -0.39 is 17.8 Å². The van der Waals surface area contributed by atoms with E-state index in [1.807, 2.05) is 38.1 Å². The zero-order valence-corrected chi connectivity index (χ0v) is 15.4. The van der Waals surface area contributed by atoms with Gasteiger partial charge < -0.3 is 15.2 Å². The minimum Gasteiger partial charge on any atom is -0.481 e. The first-order chi connectivity index (χ1) is 12.4. The van der Waals surface area contributed by atoms with E-state index in [-0.39, 0.29) is 18.1 Å². The number of ether oxygens (including phenoxy) is 1. The Morgan fingerprint density at radius 2 is 1.81 bits per heavy atom. The number of carbonyl (C=O) groups excluding carboxylic acids is 1. The van der Waals surface area contributed by atoms with E-state index in [2.05, 4.69) is 10.3 Å². The van der Waals surface area contributed by atoms with Crippen molar-refractivity contribution in [3.8, 4) is 11.3 Å². The zero-order valence-electron chi connectivity index (χ0n) is 14.6. The summed E-state index contributed by atoms with van der Waals surface area (Å²) in [6.45, 7) is 3.99. The summed E-state index contributed by atoms with van der Waals surface area (Å²) in [5.74, 6) is -2.70. The molecule has 4 rings (SSSR count). The SMILES string of the molecule is Cc1ccc(-c2nc(NC(=O)[C@@H]3[C@@H](C(=O)O)[C@@H]4CC[C@H]3O4)sc2C)cc1. The number of nitrogens with one attached hydrogen (secondary N) is 1. The van der Waals surface area contributed by atoms with Crippen molar-refractivity contribution in [1.82, 2.24) is 4.98 Å². The molecule has 0 radical (unpaired) electrons. The van der Waals surface area contributed by atoms with Gasteiger partial charge in [-0.2, -0.15) is 0 Å². The molecule has 0 saturated carbocycles. The number of benzene rings is 1. The van der Waals surface area contributed by atoms with Crippen LogP contribution in [0.15, 0.2) is 24.3 Å². The van der Waals surface area contributed by atoms with Crippen LogP contribution >= 0.6 is 11.3 Å². The quantitative estimate of drug-likeness (QED) is 0.860. The van der Waals surface area contributed by atoms with E-state index in [1.165, 1.54) is 16.9 Å². The molecule has 3 heterocycles. The highest BCUT2D eigenvalue weighted by atomic mass is 32.1. The summed E-state index contributed by atoms with van der Waals surface area (Å²) in [5, 5.41) is 12.8. The monoisotopic (exact) mass is 372 g/mol. The van der Waals surface area contributed by atoms with Crippen molar-refractivity contribution in [2.75, 3.05) is 5.32 Å². The smallest absolute Gasteiger partial charge is 0.310 e. The summed E-state index contributed by atoms with van der Waals surface area (Å²) in [6.07, 6.45) is 0.783. The average Bonchev–Trinajstić information content (AvgIpc) is 3.29. The molecule has 1 amide bonds. The number of hydrogen-bond acceptors (Lipinski definition) is 5. The van der Waals surface area contributed by atoms with Crippen molar-refractivity contribution < 1.29 is 19.4 Å². The fourth-order valence-corrected chi connectivity index (χ4v) is 4.78. The molecule has 1 aromatic carbocycles. The molecule has 136 valence electrons. The molecule has 2 saturated heterocycles. The summed E-state index contributed by atoms with van der Waals surface area (Å²) < 4.78 is 5.67. The lowest BCUT2D eigenvalue weighted by molar-refractivity contribution is -0.147. The van der Waals surface area contributed by atoms with Crippen LogP contribution in [0, 0.1) is 25.7 Å². The van der Waals surface area contributed by atoms with Crippen LogP contribution in [0.4, 0.5) is 5.13 Å². The van der Waals surface area contributed by atoms with Crippen molar-refractivity contribution in [3.05, 3.63) is 34.7 Å². The van der Waals surface area contributed by atoms with Gasteiger partial charge in [0.15, 0.2) is 5.13 Å². The topological polar surface area (TPSA) is 88.5 Å². The van der Waals surface area contributed by atoms with Crippen molar-refractivity contribution in [3.63, 3.8) is 0 Å². The summed E-state index contributed by atoms with van der Waals surface area (Å²) in [7, 11) is 0. The van der Waals surface area contributed by atoms with Crippen molar-refractivity contribution in [2.45, 2.75) is 38.9 Å². The third kappa shape index (κ3) is 2.91. The predicted molar refractivity (Wildman–Crippen MR) is 98.2 cm³/mol. The molecule has 2 fully saturated rings. The predicted octanol–water partition coefficient (Wildman–Crippen LogP) is 3.24. The lowest BCUT2D eigenvalue weighted by atomic mass is 9.79. The highest BCUT2D eigenvalue weighted by molar-refractivity contribution is 7.16. The van der Waals surface area contributed by atoms with E-state index in [0.29, 0.717) is 11.6 Å². The first kappa shape index (κ1) is 17.2. The Morgan fingerprint density at radius 3 is 2.46 bits per heavy atom. The fraction of sp³-hybridized carbons (Fsp3) is 0.421. The number of aromatic nitrogens is 1. The van der Waals surface area contributed by atoms with Gasteiger partial charge in [0.25, 0.3) is 0 Å². The lowest BCUT2D eigenvalue weighted by Crippen LogP contribution is -2.40. The second-order valence-corrected chi connectivity index (χ2v) is 8.16. The molecular formula is C19H20N2O4S. The molecule has 2 bridgehead atoms. The molecule has 2 aromatic rings. The molecular weight excluding hydrogens is 352 g/mol. The Labute approximate surface area is 155 Å². The number of amides is 1. The number of aryl methyl sites for hydroxylation is 2. The number of carboxylic acid groups (broad SMARTS) is 1. The maximum absolute atomic E-state index is 12.7. The number of anilines is 1. The van der Waals surface area contributed by atoms with Crippen LogP contribution in [0.2, 0.25) is 0 Å². The maximum Gasteiger partial charge on any atom is 0.310 e. The highest BCUT2D eigenvalue weighted by Gasteiger charge is 2.55. The van der Waals surface area contributed by atoms with Crippen molar-refractivity contribution in [1.29, 1.82) is 0 Å². The number of hydrogen-bond donors (Lipinski definition) is 2. The summed E-state index contributed by atoms with van der Waals surface area (Å²) in [4.78, 5) is 29.8. The van der Waals surface area contributed by atoms with E-state index >= 15 is 0 Å². The molecule has 0 unspecified atom stereocenters. The molecule has 2 aliphatic heterocycles. The number of aliphatic carboxylic acids is 1. The second-order valence-electron chi connectivity index (χ2n) is 6.96. The Bertz CT molecular complexity index is 861. The minimum atomic E-state index is -0.965. The Balaban J connectivity index is 1.54. The van der Waals surface area contributed by atoms with Crippen molar-refractivity contribution in [2.24, 2.45) is 11.8 Å². The van der Waals surface area contributed by atoms with Crippen molar-refractivity contribution >= 4 is 28.3 Å². The van der Waals surface area contributed by atoms with E-state index in [9.17, 15) is 14.7 Å². The van der Waals surface area contributed by atoms with Crippen LogP contribution in [0.1, 0.15) is 23.3 Å². The molecule has 7 heteroatoms. The average molecular weight is 372 g/mol. The van der Waals surface area contributed by atoms with Crippen LogP contribution in [0.5, 0.6) is 0 Å². The minimum absolute atomic E-state index is 0.307. The van der Waals surface area contributed by atoms with E-state index in [1.54, 1.807) is 0 Å². The molecule has 2 N–H and O–H groups in total. The van der Waals surface area contributed by atoms with Crippen LogP contribution < -0.4 is 5.32 Å². The molecule has 26 heavy (non-hydrogen) atoms. The number of nitrogens with zero attached hydrogens (tertiary/aromatic N) is 1. The fourth-order valence-electron chi connectivity index (χ4n) is 3.94. The first-order valence-corrected chi connectivity index (χ1v) is 9.49. The van der Waals surface area contributed by atoms with Gasteiger partial charge in [0.05, 0.1) is 29.7 Å². The van der Waals surface area contributed by atoms with E-state index in [4.69, 9.17) is 4.74 Å². The maximum atomic E-state index is 12.7. The first-order valence-electron chi connectivity index (χ1n) is 8.67. The highest BCUT2D eigenvalue weighted by Crippen LogP contribution is 2.44. The largest absolute Gasteiger partial charge is 0.481 e. The normalized spacial score (nSPS) is 26.8. The number of fused-ring (bicyclic) bond motifs is 2. The van der Waals surface area contributed by atoms with Gasteiger partial charge in [-0.15, -0.1) is 11.3 Å². The molecule has 2 aliphatic rings. The molecule has 0 aliphatic carbocycles. The van der Waals surface area contributed by atoms with Gasteiger partial charge in [-0.1, -0.05) is 29.8 Å². The number of carbonyl (C=O) groups is 2. The van der Waals surface area contributed by atoms with Crippen LogP contribution in [-0.4, -0.2) is 34.2 Å². The Kier molecular flexibility index (Phi) is 4.28. The van der Waals surface area contributed by atoms with Crippen LogP contribution in [0.3, 0.4) is 0 Å².